The van der Waals surface area contributed by atoms with Crippen molar-refractivity contribution in [2.75, 3.05) is 0 Å². The van der Waals surface area contributed by atoms with E-state index in [1.54, 1.807) is 24.5 Å². The molecule has 4 rings (SSSR count). The van der Waals surface area contributed by atoms with Gasteiger partial charge in [0.25, 0.3) is 5.56 Å². The highest BCUT2D eigenvalue weighted by Gasteiger charge is 2.30. The van der Waals surface area contributed by atoms with Gasteiger partial charge in [-0.1, -0.05) is 12.1 Å². The predicted molar refractivity (Wildman–Crippen MR) is 93.8 cm³/mol. The fraction of sp³-hybridized carbons (Fsp3) is 0.0526. The second kappa shape index (κ2) is 6.31. The van der Waals surface area contributed by atoms with Crippen LogP contribution in [0.2, 0.25) is 0 Å². The number of hydrogen-bond acceptors (Lipinski definition) is 4. The minimum atomic E-state index is -4.42. The molecule has 0 aliphatic carbocycles. The number of hydrogen-bond donors (Lipinski definition) is 1. The number of nitrogens with zero attached hydrogens (tertiary/aromatic N) is 3. The Morgan fingerprint density at radius 3 is 2.44 bits per heavy atom. The molecule has 0 saturated heterocycles. The molecule has 0 aliphatic rings. The van der Waals surface area contributed by atoms with Gasteiger partial charge >= 0.3 is 6.18 Å². The molecule has 0 saturated carbocycles. The van der Waals surface area contributed by atoms with Crippen LogP contribution in [-0.4, -0.2) is 19.9 Å². The summed E-state index contributed by atoms with van der Waals surface area (Å²) in [4.78, 5) is 27.5. The number of nitrogens with one attached hydrogen (secondary N) is 1. The van der Waals surface area contributed by atoms with Gasteiger partial charge in [-0.2, -0.15) is 13.2 Å². The number of halogens is 3. The molecule has 0 radical (unpaired) electrons. The fourth-order valence-corrected chi connectivity index (χ4v) is 2.76. The first-order valence-corrected chi connectivity index (χ1v) is 7.90. The maximum Gasteiger partial charge on any atom is 0.416 e. The van der Waals surface area contributed by atoms with E-state index in [0.717, 1.165) is 12.1 Å². The van der Waals surface area contributed by atoms with Gasteiger partial charge in [0.15, 0.2) is 0 Å². The zero-order valence-electron chi connectivity index (χ0n) is 13.7. The van der Waals surface area contributed by atoms with E-state index in [0.29, 0.717) is 33.4 Å². The van der Waals surface area contributed by atoms with E-state index < -0.39 is 11.7 Å². The van der Waals surface area contributed by atoms with Crippen molar-refractivity contribution in [3.8, 4) is 22.5 Å². The second-order valence-corrected chi connectivity index (χ2v) is 5.80. The van der Waals surface area contributed by atoms with Gasteiger partial charge in [-0.15, -0.1) is 0 Å². The molecular formula is C19H11F3N4O. The highest BCUT2D eigenvalue weighted by molar-refractivity contribution is 5.93. The number of rotatable bonds is 2. The van der Waals surface area contributed by atoms with Gasteiger partial charge in [0.2, 0.25) is 0 Å². The molecule has 0 fully saturated rings. The van der Waals surface area contributed by atoms with Gasteiger partial charge in [0.05, 0.1) is 28.7 Å². The molecule has 134 valence electrons. The Morgan fingerprint density at radius 2 is 1.78 bits per heavy atom. The molecule has 8 heteroatoms. The Kier molecular flexibility index (Phi) is 3.95. The molecule has 0 unspecified atom stereocenters. The first-order valence-electron chi connectivity index (χ1n) is 7.90. The van der Waals surface area contributed by atoms with Gasteiger partial charge in [0, 0.05) is 23.5 Å². The van der Waals surface area contributed by atoms with E-state index in [1.165, 1.54) is 24.5 Å². The molecule has 0 spiro atoms. The van der Waals surface area contributed by atoms with E-state index in [9.17, 15) is 18.0 Å². The molecule has 5 nitrogen and oxygen atoms in total. The molecule has 4 aromatic rings. The SMILES string of the molecule is O=c1[nH]cnc2c(-c3cccnc3)nc(-c3ccc(C(F)(F)F)cc3)cc12. The summed E-state index contributed by atoms with van der Waals surface area (Å²) < 4.78 is 38.4. The second-order valence-electron chi connectivity index (χ2n) is 5.80. The van der Waals surface area contributed by atoms with Crippen molar-refractivity contribution in [1.82, 2.24) is 19.9 Å². The molecule has 0 atom stereocenters. The smallest absolute Gasteiger partial charge is 0.313 e. The Bertz CT molecular complexity index is 1170. The molecule has 3 heterocycles. The highest BCUT2D eigenvalue weighted by Crippen LogP contribution is 2.32. The van der Waals surface area contributed by atoms with Gasteiger partial charge in [-0.05, 0) is 30.3 Å². The number of alkyl halides is 3. The van der Waals surface area contributed by atoms with Crippen molar-refractivity contribution in [1.29, 1.82) is 0 Å². The van der Waals surface area contributed by atoms with Crippen LogP contribution in [0.15, 0.2) is 66.0 Å². The van der Waals surface area contributed by atoms with Crippen molar-refractivity contribution >= 4 is 10.9 Å². The molecule has 1 aromatic carbocycles. The van der Waals surface area contributed by atoms with Crippen molar-refractivity contribution in [2.45, 2.75) is 6.18 Å². The number of H-pyrrole nitrogens is 1. The summed E-state index contributed by atoms with van der Waals surface area (Å²) in [5, 5.41) is 0.293. The summed E-state index contributed by atoms with van der Waals surface area (Å²) in [7, 11) is 0. The third-order valence-electron chi connectivity index (χ3n) is 4.07. The summed E-state index contributed by atoms with van der Waals surface area (Å²) in [6.07, 6.45) is 0.0497. The number of benzene rings is 1. The first-order chi connectivity index (χ1) is 12.9. The predicted octanol–water partition coefficient (Wildman–Crippen LogP) is 4.07. The van der Waals surface area contributed by atoms with Gasteiger partial charge in [-0.3, -0.25) is 9.78 Å². The van der Waals surface area contributed by atoms with Crippen LogP contribution in [0.5, 0.6) is 0 Å². The first kappa shape index (κ1) is 16.9. The maximum atomic E-state index is 12.8. The normalized spacial score (nSPS) is 11.7. The van der Waals surface area contributed by atoms with Crippen molar-refractivity contribution < 1.29 is 13.2 Å². The lowest BCUT2D eigenvalue weighted by atomic mass is 10.0. The average Bonchev–Trinajstić information content (AvgIpc) is 2.68. The zero-order valence-corrected chi connectivity index (χ0v) is 13.7. The van der Waals surface area contributed by atoms with Crippen LogP contribution >= 0.6 is 0 Å². The number of aromatic nitrogens is 4. The summed E-state index contributed by atoms with van der Waals surface area (Å²) in [5.41, 5.74) is 1.19. The summed E-state index contributed by atoms with van der Waals surface area (Å²) >= 11 is 0. The largest absolute Gasteiger partial charge is 0.416 e. The Hall–Kier alpha value is -3.55. The van der Waals surface area contributed by atoms with Crippen LogP contribution in [0.1, 0.15) is 5.56 Å². The number of pyridine rings is 2. The van der Waals surface area contributed by atoms with Crippen molar-refractivity contribution in [2.24, 2.45) is 0 Å². The lowest BCUT2D eigenvalue weighted by Crippen LogP contribution is -2.08. The molecule has 27 heavy (non-hydrogen) atoms. The number of fused-ring (bicyclic) bond motifs is 1. The molecule has 0 amide bonds. The van der Waals surface area contributed by atoms with Gasteiger partial charge < -0.3 is 4.98 Å². The van der Waals surface area contributed by atoms with Crippen LogP contribution in [-0.2, 0) is 6.18 Å². The van der Waals surface area contributed by atoms with E-state index in [1.807, 2.05) is 0 Å². The van der Waals surface area contributed by atoms with E-state index in [2.05, 4.69) is 19.9 Å². The molecule has 3 aromatic heterocycles. The average molecular weight is 368 g/mol. The van der Waals surface area contributed by atoms with E-state index in [4.69, 9.17) is 0 Å². The summed E-state index contributed by atoms with van der Waals surface area (Å²) in [5.74, 6) is 0. The summed E-state index contributed by atoms with van der Waals surface area (Å²) in [6, 6.07) is 9.64. The van der Waals surface area contributed by atoms with Gasteiger partial charge in [0.1, 0.15) is 5.52 Å². The molecule has 0 aliphatic heterocycles. The zero-order chi connectivity index (χ0) is 19.0. The van der Waals surface area contributed by atoms with E-state index >= 15 is 0 Å². The quantitative estimate of drug-likeness (QED) is 0.579. The van der Waals surface area contributed by atoms with E-state index in [-0.39, 0.29) is 5.56 Å². The third-order valence-corrected chi connectivity index (χ3v) is 4.07. The Balaban J connectivity index is 1.94. The van der Waals surface area contributed by atoms with Gasteiger partial charge in [-0.25, -0.2) is 9.97 Å². The van der Waals surface area contributed by atoms with Crippen molar-refractivity contribution in [3.63, 3.8) is 0 Å². The highest BCUT2D eigenvalue weighted by atomic mass is 19.4. The monoisotopic (exact) mass is 368 g/mol. The van der Waals surface area contributed by atoms with Crippen LogP contribution in [0.4, 0.5) is 13.2 Å². The third kappa shape index (κ3) is 3.17. The maximum absolute atomic E-state index is 12.8. The molecular weight excluding hydrogens is 357 g/mol. The number of aromatic amines is 1. The lowest BCUT2D eigenvalue weighted by Gasteiger charge is -2.10. The van der Waals surface area contributed by atoms with Crippen LogP contribution in [0.25, 0.3) is 33.4 Å². The molecule has 0 bridgehead atoms. The molecule has 1 N–H and O–H groups in total. The summed E-state index contributed by atoms with van der Waals surface area (Å²) in [6.45, 7) is 0. The van der Waals surface area contributed by atoms with Crippen LogP contribution < -0.4 is 5.56 Å². The minimum absolute atomic E-state index is 0.293. The minimum Gasteiger partial charge on any atom is -0.313 e. The topological polar surface area (TPSA) is 71.5 Å². The van der Waals surface area contributed by atoms with Crippen molar-refractivity contribution in [3.05, 3.63) is 77.1 Å². The van der Waals surface area contributed by atoms with Crippen LogP contribution in [0, 0.1) is 0 Å². The lowest BCUT2D eigenvalue weighted by molar-refractivity contribution is -0.137. The standard InChI is InChI=1S/C19H11F3N4O/c20-19(21,22)13-5-3-11(4-6-13)15-8-14-17(24-10-25-18(14)27)16(26-15)12-2-1-7-23-9-12/h1-10H,(H,24,25,27). The van der Waals surface area contributed by atoms with Crippen LogP contribution in [0.3, 0.4) is 0 Å². The Morgan fingerprint density at radius 1 is 1.00 bits per heavy atom. The Labute approximate surface area is 150 Å². The fourth-order valence-electron chi connectivity index (χ4n) is 2.76.